The maximum Gasteiger partial charge on any atom is 0.264 e. The predicted molar refractivity (Wildman–Crippen MR) is 153 cm³/mol. The summed E-state index contributed by atoms with van der Waals surface area (Å²) >= 11 is 0. The Kier molecular flexibility index (Phi) is 9.75. The highest BCUT2D eigenvalue weighted by Crippen LogP contribution is 2.28. The smallest absolute Gasteiger partial charge is 0.264 e. The van der Waals surface area contributed by atoms with Crippen molar-refractivity contribution in [3.8, 4) is 5.75 Å². The van der Waals surface area contributed by atoms with Crippen LogP contribution >= 0.6 is 0 Å². The zero-order valence-corrected chi connectivity index (χ0v) is 24.2. The van der Waals surface area contributed by atoms with Crippen molar-refractivity contribution in [2.45, 2.75) is 52.1 Å². The average molecular weight is 552 g/mol. The highest BCUT2D eigenvalue weighted by Gasteiger charge is 2.33. The van der Waals surface area contributed by atoms with Crippen molar-refractivity contribution in [3.05, 3.63) is 89.0 Å². The van der Waals surface area contributed by atoms with E-state index in [0.717, 1.165) is 26.6 Å². The highest BCUT2D eigenvalue weighted by atomic mass is 32.2. The zero-order valence-electron chi connectivity index (χ0n) is 23.4. The summed E-state index contributed by atoms with van der Waals surface area (Å²) in [5, 5.41) is 2.76. The number of hydrogen-bond acceptors (Lipinski definition) is 5. The van der Waals surface area contributed by atoms with Crippen molar-refractivity contribution in [1.82, 2.24) is 10.2 Å². The number of carbonyl (C=O) groups is 2. The zero-order chi connectivity index (χ0) is 28.7. The van der Waals surface area contributed by atoms with Crippen molar-refractivity contribution in [1.29, 1.82) is 0 Å². The second-order valence-corrected chi connectivity index (χ2v) is 11.4. The van der Waals surface area contributed by atoms with E-state index in [0.29, 0.717) is 18.0 Å². The van der Waals surface area contributed by atoms with Crippen LogP contribution < -0.4 is 14.4 Å². The van der Waals surface area contributed by atoms with E-state index in [1.54, 1.807) is 51.3 Å². The Bertz CT molecular complexity index is 1400. The fourth-order valence-corrected chi connectivity index (χ4v) is 5.75. The summed E-state index contributed by atoms with van der Waals surface area (Å²) < 4.78 is 34.2. The number of likely N-dealkylation sites (N-methyl/N-ethyl adjacent to an activating group) is 1. The van der Waals surface area contributed by atoms with Gasteiger partial charge in [-0.1, -0.05) is 47.5 Å². The molecule has 0 aliphatic carbocycles. The lowest BCUT2D eigenvalue weighted by molar-refractivity contribution is -0.139. The second kappa shape index (κ2) is 12.8. The minimum atomic E-state index is -4.10. The molecule has 0 radical (unpaired) electrons. The number of sulfonamides is 1. The maximum atomic E-state index is 13.9. The van der Waals surface area contributed by atoms with Gasteiger partial charge in [-0.2, -0.15) is 0 Å². The summed E-state index contributed by atoms with van der Waals surface area (Å²) in [6.45, 7) is 9.11. The van der Waals surface area contributed by atoms with Gasteiger partial charge in [-0.15, -0.1) is 0 Å². The molecule has 0 aliphatic heterocycles. The largest absolute Gasteiger partial charge is 0.497 e. The Morgan fingerprint density at radius 1 is 0.923 bits per heavy atom. The van der Waals surface area contributed by atoms with Crippen LogP contribution in [0.25, 0.3) is 0 Å². The number of ether oxygens (including phenoxy) is 1. The van der Waals surface area contributed by atoms with E-state index in [4.69, 9.17) is 4.74 Å². The first-order chi connectivity index (χ1) is 18.5. The number of nitrogens with zero attached hydrogens (tertiary/aromatic N) is 2. The van der Waals surface area contributed by atoms with E-state index in [1.165, 1.54) is 17.0 Å². The molecule has 3 aromatic rings. The van der Waals surface area contributed by atoms with Gasteiger partial charge in [-0.05, 0) is 76.1 Å². The van der Waals surface area contributed by atoms with Crippen LogP contribution in [0, 0.1) is 20.8 Å². The molecule has 208 valence electrons. The fraction of sp³-hybridized carbons (Fsp3) is 0.333. The van der Waals surface area contributed by atoms with E-state index in [1.807, 2.05) is 45.0 Å². The number of amides is 2. The molecule has 0 fully saturated rings. The lowest BCUT2D eigenvalue weighted by atomic mass is 10.1. The second-order valence-electron chi connectivity index (χ2n) is 9.55. The highest BCUT2D eigenvalue weighted by molar-refractivity contribution is 7.92. The molecule has 0 heterocycles. The number of methoxy groups -OCH3 is 1. The van der Waals surface area contributed by atoms with Crippen molar-refractivity contribution >= 4 is 27.5 Å². The van der Waals surface area contributed by atoms with Crippen LogP contribution in [-0.4, -0.2) is 51.4 Å². The molecule has 0 unspecified atom stereocenters. The summed E-state index contributed by atoms with van der Waals surface area (Å²) in [5.74, 6) is -0.155. The molecular weight excluding hydrogens is 514 g/mol. The third kappa shape index (κ3) is 7.17. The molecule has 0 spiro atoms. The lowest BCUT2D eigenvalue weighted by Crippen LogP contribution is -2.51. The molecule has 0 saturated carbocycles. The summed E-state index contributed by atoms with van der Waals surface area (Å²) in [4.78, 5) is 28.2. The Balaban J connectivity index is 2.05. The van der Waals surface area contributed by atoms with Crippen LogP contribution in [0.1, 0.15) is 36.1 Å². The molecule has 1 N–H and O–H groups in total. The topological polar surface area (TPSA) is 96.0 Å². The summed E-state index contributed by atoms with van der Waals surface area (Å²) in [6, 6.07) is 18.3. The Morgan fingerprint density at radius 3 is 2.10 bits per heavy atom. The van der Waals surface area contributed by atoms with Gasteiger partial charge < -0.3 is 15.0 Å². The first kappa shape index (κ1) is 29.7. The molecule has 9 heteroatoms. The molecule has 3 aromatic carbocycles. The van der Waals surface area contributed by atoms with Crippen LogP contribution in [-0.2, 0) is 26.2 Å². The minimum Gasteiger partial charge on any atom is -0.497 e. The van der Waals surface area contributed by atoms with Gasteiger partial charge in [0.25, 0.3) is 10.0 Å². The van der Waals surface area contributed by atoms with Gasteiger partial charge in [0, 0.05) is 13.1 Å². The number of benzene rings is 3. The van der Waals surface area contributed by atoms with Gasteiger partial charge in [0.2, 0.25) is 11.8 Å². The monoisotopic (exact) mass is 551 g/mol. The number of carbonyl (C=O) groups excluding carboxylic acids is 2. The van der Waals surface area contributed by atoms with Gasteiger partial charge in [0.15, 0.2) is 0 Å². The van der Waals surface area contributed by atoms with Crippen LogP contribution in [0.3, 0.4) is 0 Å². The third-order valence-electron chi connectivity index (χ3n) is 6.54. The first-order valence-electron chi connectivity index (χ1n) is 12.8. The molecule has 0 saturated heterocycles. The van der Waals surface area contributed by atoms with Gasteiger partial charge in [0.05, 0.1) is 17.7 Å². The van der Waals surface area contributed by atoms with Crippen molar-refractivity contribution < 1.29 is 22.7 Å². The first-order valence-corrected chi connectivity index (χ1v) is 14.3. The van der Waals surface area contributed by atoms with Crippen molar-refractivity contribution in [2.75, 3.05) is 24.5 Å². The van der Waals surface area contributed by atoms with E-state index in [-0.39, 0.29) is 17.3 Å². The number of rotatable bonds is 11. The van der Waals surface area contributed by atoms with Crippen molar-refractivity contribution in [3.63, 3.8) is 0 Å². The SMILES string of the molecule is CCNC(=O)[C@@H](C)N(Cc1ccc(OC)cc1)C(=O)CN(c1ccc(C)cc1C)S(=O)(=O)c1ccc(C)cc1. The van der Waals surface area contributed by atoms with Crippen LogP contribution in [0.2, 0.25) is 0 Å². The molecule has 2 amide bonds. The Hall–Kier alpha value is -3.85. The molecule has 0 aromatic heterocycles. The molecule has 8 nitrogen and oxygen atoms in total. The lowest BCUT2D eigenvalue weighted by Gasteiger charge is -2.32. The predicted octanol–water partition coefficient (Wildman–Crippen LogP) is 4.37. The molecule has 0 bridgehead atoms. The quantitative estimate of drug-likeness (QED) is 0.382. The summed E-state index contributed by atoms with van der Waals surface area (Å²) in [5.41, 5.74) is 3.80. The third-order valence-corrected chi connectivity index (χ3v) is 8.31. The Morgan fingerprint density at radius 2 is 1.54 bits per heavy atom. The van der Waals surface area contributed by atoms with E-state index in [9.17, 15) is 18.0 Å². The van der Waals surface area contributed by atoms with Gasteiger partial charge in [-0.25, -0.2) is 8.42 Å². The van der Waals surface area contributed by atoms with Crippen LogP contribution in [0.5, 0.6) is 5.75 Å². The number of anilines is 1. The Labute approximate surface area is 231 Å². The summed E-state index contributed by atoms with van der Waals surface area (Å²) in [6.07, 6.45) is 0. The molecule has 3 rings (SSSR count). The van der Waals surface area contributed by atoms with Gasteiger partial charge in [-0.3, -0.25) is 13.9 Å². The number of nitrogens with one attached hydrogen (secondary N) is 1. The van der Waals surface area contributed by atoms with Crippen LogP contribution in [0.15, 0.2) is 71.6 Å². The molecule has 1 atom stereocenters. The summed E-state index contributed by atoms with van der Waals surface area (Å²) in [7, 11) is -2.54. The fourth-order valence-electron chi connectivity index (χ4n) is 4.27. The van der Waals surface area contributed by atoms with Gasteiger partial charge in [0.1, 0.15) is 18.3 Å². The van der Waals surface area contributed by atoms with E-state index in [2.05, 4.69) is 5.32 Å². The number of aryl methyl sites for hydroxylation is 3. The van der Waals surface area contributed by atoms with Crippen molar-refractivity contribution in [2.24, 2.45) is 0 Å². The van der Waals surface area contributed by atoms with Crippen LogP contribution in [0.4, 0.5) is 5.69 Å². The van der Waals surface area contributed by atoms with Gasteiger partial charge >= 0.3 is 0 Å². The normalized spacial score (nSPS) is 11.9. The van der Waals surface area contributed by atoms with E-state index >= 15 is 0 Å². The standard InChI is InChI=1S/C30H37N3O5S/c1-7-31-30(35)24(5)32(19-25-11-13-26(38-6)14-12-25)29(34)20-33(28-17-10-22(3)18-23(28)4)39(36,37)27-15-8-21(2)9-16-27/h8-18,24H,7,19-20H2,1-6H3,(H,31,35)/t24-/m1/s1. The molecule has 39 heavy (non-hydrogen) atoms. The maximum absolute atomic E-state index is 13.9. The average Bonchev–Trinajstić information content (AvgIpc) is 2.91. The minimum absolute atomic E-state index is 0.0827. The molecule has 0 aliphatic rings. The number of hydrogen-bond donors (Lipinski definition) is 1. The van der Waals surface area contributed by atoms with E-state index < -0.39 is 28.5 Å². The molecular formula is C30H37N3O5S.